The molecule has 170 valence electrons. The van der Waals surface area contributed by atoms with Crippen LogP contribution in [0.3, 0.4) is 0 Å². The van der Waals surface area contributed by atoms with Gasteiger partial charge in [-0.2, -0.15) is 0 Å². The molecule has 2 aliphatic rings. The largest absolute Gasteiger partial charge is 0.479 e. The molecular formula is C16H21N5O10. The van der Waals surface area contributed by atoms with Crippen molar-refractivity contribution in [3.8, 4) is 0 Å². The van der Waals surface area contributed by atoms with Crippen LogP contribution in [-0.4, -0.2) is 85.4 Å². The minimum Gasteiger partial charge on any atom is -0.479 e. The second-order valence-corrected chi connectivity index (χ2v) is 7.18. The van der Waals surface area contributed by atoms with Crippen molar-refractivity contribution in [3.63, 3.8) is 0 Å². The number of nitrogens with one attached hydrogen (secondary N) is 1. The van der Waals surface area contributed by atoms with Crippen molar-refractivity contribution < 1.29 is 39.4 Å². The average Bonchev–Trinajstić information content (AvgIpc) is 3.11. The maximum atomic E-state index is 12.1. The van der Waals surface area contributed by atoms with Crippen LogP contribution in [0.1, 0.15) is 18.2 Å². The molecule has 1 aromatic rings. The lowest BCUT2D eigenvalue weighted by molar-refractivity contribution is -0.298. The van der Waals surface area contributed by atoms with Gasteiger partial charge in [-0.1, -0.05) is 5.11 Å². The lowest BCUT2D eigenvalue weighted by Gasteiger charge is -2.38. The van der Waals surface area contributed by atoms with Gasteiger partial charge >= 0.3 is 11.7 Å². The summed E-state index contributed by atoms with van der Waals surface area (Å²) >= 11 is 0. The molecule has 0 spiro atoms. The first-order chi connectivity index (χ1) is 14.6. The van der Waals surface area contributed by atoms with E-state index in [9.17, 15) is 29.7 Å². The summed E-state index contributed by atoms with van der Waals surface area (Å²) in [5, 5.41) is 42.3. The average molecular weight is 443 g/mol. The number of aromatic amines is 1. The number of hydrogen-bond acceptors (Lipinski definition) is 10. The lowest BCUT2D eigenvalue weighted by atomic mass is 9.99. The van der Waals surface area contributed by atoms with Gasteiger partial charge in [0, 0.05) is 23.1 Å². The predicted molar refractivity (Wildman–Crippen MR) is 97.8 cm³/mol. The Kier molecular flexibility index (Phi) is 6.76. The van der Waals surface area contributed by atoms with Crippen LogP contribution >= 0.6 is 0 Å². The van der Waals surface area contributed by atoms with Crippen molar-refractivity contribution in [2.45, 2.75) is 62.4 Å². The van der Waals surface area contributed by atoms with E-state index < -0.39 is 66.3 Å². The molecule has 0 aliphatic carbocycles. The number of carboxylic acids is 1. The molecule has 2 fully saturated rings. The standard InChI is InChI=1S/C16H21N5O10/c1-5-3-21(16(28)18-13(5)25)8-2-6(19-20-17)7(30-8)4-29-15-11(24)9(22)10(23)12(31-15)14(26)27/h3,6-12,15,22-24H,2,4H2,1H3,(H,26,27)(H,18,25,28)/t6?,7-,8?,9+,10+,11-,12+,15?/m1/s1. The molecule has 2 saturated heterocycles. The number of ether oxygens (including phenoxy) is 3. The summed E-state index contributed by atoms with van der Waals surface area (Å²) in [5.74, 6) is -1.57. The zero-order chi connectivity index (χ0) is 22.9. The molecule has 3 heterocycles. The highest BCUT2D eigenvalue weighted by molar-refractivity contribution is 5.73. The lowest BCUT2D eigenvalue weighted by Crippen LogP contribution is -2.60. The SMILES string of the molecule is Cc1cn(C2CC(N=[N+]=[N-])[C@@H](COC3O[C@H](C(=O)O)[C@@H](O)[C@H](O)[C@H]3O)O2)c(=O)[nH]c1=O. The fourth-order valence-corrected chi connectivity index (χ4v) is 3.40. The Morgan fingerprint density at radius 1 is 1.32 bits per heavy atom. The number of rotatable bonds is 6. The van der Waals surface area contributed by atoms with E-state index in [0.29, 0.717) is 0 Å². The monoisotopic (exact) mass is 443 g/mol. The topological polar surface area (TPSA) is 229 Å². The first-order valence-corrected chi connectivity index (χ1v) is 9.19. The van der Waals surface area contributed by atoms with Gasteiger partial charge in [-0.3, -0.25) is 14.3 Å². The molecule has 2 aliphatic heterocycles. The summed E-state index contributed by atoms with van der Waals surface area (Å²) in [5.41, 5.74) is 7.79. The third kappa shape index (κ3) is 4.62. The Bertz CT molecular complexity index is 988. The molecule has 0 radical (unpaired) electrons. The number of aliphatic hydroxyl groups excluding tert-OH is 3. The van der Waals surface area contributed by atoms with E-state index in [2.05, 4.69) is 15.0 Å². The number of aryl methyl sites for hydroxylation is 1. The Balaban J connectivity index is 1.74. The Hall–Kier alpha value is -2.78. The zero-order valence-corrected chi connectivity index (χ0v) is 16.1. The fourth-order valence-electron chi connectivity index (χ4n) is 3.40. The van der Waals surface area contributed by atoms with Crippen LogP contribution in [0.4, 0.5) is 0 Å². The van der Waals surface area contributed by atoms with E-state index in [1.54, 1.807) is 0 Å². The van der Waals surface area contributed by atoms with Gasteiger partial charge < -0.3 is 34.6 Å². The van der Waals surface area contributed by atoms with E-state index in [-0.39, 0.29) is 18.6 Å². The maximum absolute atomic E-state index is 12.1. The minimum absolute atomic E-state index is 0.0661. The van der Waals surface area contributed by atoms with Crippen molar-refractivity contribution >= 4 is 5.97 Å². The smallest absolute Gasteiger partial charge is 0.335 e. The van der Waals surface area contributed by atoms with Crippen LogP contribution in [0, 0.1) is 6.92 Å². The van der Waals surface area contributed by atoms with E-state index in [1.165, 1.54) is 13.1 Å². The number of hydrogen-bond donors (Lipinski definition) is 5. The Labute approximate surface area is 173 Å². The number of H-pyrrole nitrogens is 1. The fraction of sp³-hybridized carbons (Fsp3) is 0.688. The van der Waals surface area contributed by atoms with Crippen molar-refractivity contribution in [2.75, 3.05) is 6.61 Å². The van der Waals surface area contributed by atoms with Gasteiger partial charge in [0.1, 0.15) is 24.5 Å². The second kappa shape index (κ2) is 9.15. The quantitative estimate of drug-likeness (QED) is 0.180. The van der Waals surface area contributed by atoms with E-state index in [4.69, 9.17) is 24.8 Å². The molecule has 3 rings (SSSR count). The van der Waals surface area contributed by atoms with Crippen molar-refractivity contribution in [1.82, 2.24) is 9.55 Å². The van der Waals surface area contributed by atoms with Gasteiger partial charge in [-0.15, -0.1) is 0 Å². The van der Waals surface area contributed by atoms with Crippen LogP contribution in [0.5, 0.6) is 0 Å². The molecule has 5 N–H and O–H groups in total. The Morgan fingerprint density at radius 3 is 2.68 bits per heavy atom. The molecular weight excluding hydrogens is 422 g/mol. The van der Waals surface area contributed by atoms with Crippen LogP contribution < -0.4 is 11.2 Å². The number of aliphatic carboxylic acids is 1. The third-order valence-corrected chi connectivity index (χ3v) is 5.10. The van der Waals surface area contributed by atoms with Crippen LogP contribution in [0.25, 0.3) is 10.4 Å². The summed E-state index contributed by atoms with van der Waals surface area (Å²) in [6.45, 7) is 1.13. The summed E-state index contributed by atoms with van der Waals surface area (Å²) in [6.07, 6.45) is -9.39. The highest BCUT2D eigenvalue weighted by Gasteiger charge is 2.48. The zero-order valence-electron chi connectivity index (χ0n) is 16.1. The van der Waals surface area contributed by atoms with E-state index >= 15 is 0 Å². The summed E-state index contributed by atoms with van der Waals surface area (Å²) in [4.78, 5) is 39.7. The highest BCUT2D eigenvalue weighted by Crippen LogP contribution is 2.31. The normalized spacial score (nSPS) is 35.5. The second-order valence-electron chi connectivity index (χ2n) is 7.18. The molecule has 0 saturated carbocycles. The number of nitrogens with zero attached hydrogens (tertiary/aromatic N) is 4. The first kappa shape index (κ1) is 22.9. The molecule has 0 bridgehead atoms. The number of aromatic nitrogens is 2. The van der Waals surface area contributed by atoms with Crippen LogP contribution in [0.2, 0.25) is 0 Å². The van der Waals surface area contributed by atoms with Gasteiger partial charge in [0.05, 0.1) is 18.8 Å². The molecule has 0 amide bonds. The molecule has 15 nitrogen and oxygen atoms in total. The van der Waals surface area contributed by atoms with E-state index in [0.717, 1.165) is 4.57 Å². The summed E-state index contributed by atoms with van der Waals surface area (Å²) < 4.78 is 17.2. The number of carbonyl (C=O) groups is 1. The third-order valence-electron chi connectivity index (χ3n) is 5.10. The molecule has 1 aromatic heterocycles. The van der Waals surface area contributed by atoms with Crippen molar-refractivity contribution in [1.29, 1.82) is 0 Å². The highest BCUT2D eigenvalue weighted by atomic mass is 16.7. The molecule has 8 atom stereocenters. The minimum atomic E-state index is -1.87. The van der Waals surface area contributed by atoms with Gasteiger partial charge in [-0.05, 0) is 12.5 Å². The maximum Gasteiger partial charge on any atom is 0.335 e. The first-order valence-electron chi connectivity index (χ1n) is 9.19. The molecule has 31 heavy (non-hydrogen) atoms. The molecule has 15 heteroatoms. The van der Waals surface area contributed by atoms with Crippen molar-refractivity contribution in [2.24, 2.45) is 5.11 Å². The molecule has 3 unspecified atom stereocenters. The van der Waals surface area contributed by atoms with E-state index in [1.807, 2.05) is 0 Å². The summed E-state index contributed by atoms with van der Waals surface area (Å²) in [6, 6.07) is -0.805. The van der Waals surface area contributed by atoms with Gasteiger partial charge in [0.15, 0.2) is 12.4 Å². The number of azide groups is 1. The molecule has 0 aromatic carbocycles. The number of aliphatic hydroxyl groups is 3. The van der Waals surface area contributed by atoms with Gasteiger partial charge in [-0.25, -0.2) is 9.59 Å². The Morgan fingerprint density at radius 2 is 2.03 bits per heavy atom. The van der Waals surface area contributed by atoms with Crippen molar-refractivity contribution in [3.05, 3.63) is 43.0 Å². The number of carboxylic acid groups (broad SMARTS) is 1. The van der Waals surface area contributed by atoms with Crippen LogP contribution in [-0.2, 0) is 19.0 Å². The van der Waals surface area contributed by atoms with Crippen LogP contribution in [0.15, 0.2) is 20.9 Å². The van der Waals surface area contributed by atoms with Gasteiger partial charge in [0.25, 0.3) is 5.56 Å². The van der Waals surface area contributed by atoms with Gasteiger partial charge in [0.2, 0.25) is 0 Å². The summed E-state index contributed by atoms with van der Waals surface area (Å²) in [7, 11) is 0. The predicted octanol–water partition coefficient (Wildman–Crippen LogP) is -2.28.